The van der Waals surface area contributed by atoms with Crippen LogP contribution in [-0.2, 0) is 19.4 Å². The van der Waals surface area contributed by atoms with Crippen LogP contribution >= 0.6 is 23.1 Å². The van der Waals surface area contributed by atoms with Crippen molar-refractivity contribution in [3.05, 3.63) is 40.3 Å². The zero-order chi connectivity index (χ0) is 21.6. The Morgan fingerprint density at radius 3 is 2.48 bits per heavy atom. The summed E-state index contributed by atoms with van der Waals surface area (Å²) in [6.07, 6.45) is -0.251. The van der Waals surface area contributed by atoms with E-state index in [1.165, 1.54) is 12.1 Å². The molecule has 0 aliphatic carbocycles. The number of nitrogens with one attached hydrogen (secondary N) is 1. The van der Waals surface area contributed by atoms with Gasteiger partial charge in [-0.1, -0.05) is 17.7 Å². The first-order valence-corrected chi connectivity index (χ1v) is 11.9. The Morgan fingerprint density at radius 2 is 1.90 bits per heavy atom. The Kier molecular flexibility index (Phi) is 7.84. The molecule has 0 fully saturated rings. The molecule has 2 rings (SSSR count). The number of carbonyl (C=O) groups is 2. The first-order valence-electron chi connectivity index (χ1n) is 8.65. The second-order valence-corrected chi connectivity index (χ2v) is 9.98. The molecule has 10 heteroatoms. The standard InChI is InChI=1S/C19H20N2O5S3/c1-4-26-19(23)17-13(3)16(27-11-20)18(28-17)21-15(22)9-10-29(24,25)14-7-5-12(2)6-8-14/h5-8H,4,9-10H2,1-3H3,(H,21,22). The van der Waals surface area contributed by atoms with Gasteiger partial charge in [0.1, 0.15) is 15.3 Å². The lowest BCUT2D eigenvalue weighted by atomic mass is 10.2. The number of aryl methyl sites for hydroxylation is 1. The molecule has 0 radical (unpaired) electrons. The number of benzene rings is 1. The van der Waals surface area contributed by atoms with Crippen molar-refractivity contribution in [1.29, 1.82) is 5.26 Å². The smallest absolute Gasteiger partial charge is 0.348 e. The van der Waals surface area contributed by atoms with E-state index in [0.29, 0.717) is 20.3 Å². The van der Waals surface area contributed by atoms with Gasteiger partial charge < -0.3 is 10.1 Å². The third kappa shape index (κ3) is 5.82. The van der Waals surface area contributed by atoms with Crippen molar-refractivity contribution in [2.24, 2.45) is 0 Å². The molecule has 0 unspecified atom stereocenters. The van der Waals surface area contributed by atoms with Crippen molar-refractivity contribution in [3.8, 4) is 5.40 Å². The number of hydrogen-bond donors (Lipinski definition) is 1. The van der Waals surface area contributed by atoms with Gasteiger partial charge in [0.25, 0.3) is 0 Å². The van der Waals surface area contributed by atoms with E-state index in [2.05, 4.69) is 5.32 Å². The highest BCUT2D eigenvalue weighted by molar-refractivity contribution is 8.04. The van der Waals surface area contributed by atoms with Crippen molar-refractivity contribution < 1.29 is 22.7 Å². The van der Waals surface area contributed by atoms with Gasteiger partial charge in [-0.3, -0.25) is 4.79 Å². The molecule has 2 aromatic rings. The number of thioether (sulfide) groups is 1. The van der Waals surface area contributed by atoms with Gasteiger partial charge in [-0.15, -0.1) is 11.3 Å². The molecule has 0 bridgehead atoms. The summed E-state index contributed by atoms with van der Waals surface area (Å²) in [5.41, 5.74) is 1.48. The molecule has 1 heterocycles. The first kappa shape index (κ1) is 22.9. The fraction of sp³-hybridized carbons (Fsp3) is 0.316. The molecular formula is C19H20N2O5S3. The maximum atomic E-state index is 12.4. The Balaban J connectivity index is 2.13. The van der Waals surface area contributed by atoms with E-state index in [1.54, 1.807) is 26.0 Å². The minimum atomic E-state index is -3.60. The first-order chi connectivity index (χ1) is 13.7. The molecule has 7 nitrogen and oxygen atoms in total. The molecule has 1 amide bonds. The lowest BCUT2D eigenvalue weighted by Crippen LogP contribution is -2.17. The average Bonchev–Trinajstić information content (AvgIpc) is 2.97. The highest BCUT2D eigenvalue weighted by Gasteiger charge is 2.23. The van der Waals surface area contributed by atoms with E-state index >= 15 is 0 Å². The van der Waals surface area contributed by atoms with Crippen LogP contribution in [0.15, 0.2) is 34.1 Å². The molecule has 0 aliphatic rings. The molecule has 0 saturated heterocycles. The van der Waals surface area contributed by atoms with Crippen LogP contribution in [0.4, 0.5) is 5.00 Å². The normalized spacial score (nSPS) is 11.0. The van der Waals surface area contributed by atoms with Crippen molar-refractivity contribution >= 4 is 49.8 Å². The molecule has 0 atom stereocenters. The lowest BCUT2D eigenvalue weighted by molar-refractivity contribution is -0.115. The molecule has 154 valence electrons. The largest absolute Gasteiger partial charge is 0.462 e. The molecule has 0 saturated carbocycles. The summed E-state index contributed by atoms with van der Waals surface area (Å²) in [6, 6.07) is 6.42. The summed E-state index contributed by atoms with van der Waals surface area (Å²) in [7, 11) is -3.60. The van der Waals surface area contributed by atoms with Gasteiger partial charge in [0.2, 0.25) is 5.91 Å². The van der Waals surface area contributed by atoms with E-state index in [4.69, 9.17) is 10.00 Å². The van der Waals surface area contributed by atoms with Gasteiger partial charge in [-0.05, 0) is 50.2 Å². The molecule has 1 aromatic heterocycles. The topological polar surface area (TPSA) is 113 Å². The van der Waals surface area contributed by atoms with Gasteiger partial charge in [-0.25, -0.2) is 13.2 Å². The quantitative estimate of drug-likeness (QED) is 0.367. The van der Waals surface area contributed by atoms with E-state index < -0.39 is 21.7 Å². The monoisotopic (exact) mass is 452 g/mol. The Morgan fingerprint density at radius 1 is 1.24 bits per heavy atom. The summed E-state index contributed by atoms with van der Waals surface area (Å²) < 4.78 is 29.8. The third-order valence-electron chi connectivity index (χ3n) is 3.93. The minimum Gasteiger partial charge on any atom is -0.462 e. The van der Waals surface area contributed by atoms with E-state index in [0.717, 1.165) is 28.7 Å². The fourth-order valence-electron chi connectivity index (χ4n) is 2.42. The number of thiocyanates is 1. The average molecular weight is 453 g/mol. The summed E-state index contributed by atoms with van der Waals surface area (Å²) in [5.74, 6) is -1.40. The number of thiophene rings is 1. The Hall–Kier alpha value is -2.35. The van der Waals surface area contributed by atoms with Gasteiger partial charge in [-0.2, -0.15) is 5.26 Å². The van der Waals surface area contributed by atoms with Crippen LogP contribution in [0, 0.1) is 24.5 Å². The summed E-state index contributed by atoms with van der Waals surface area (Å²) in [6.45, 7) is 5.41. The number of sulfone groups is 1. The predicted octanol–water partition coefficient (Wildman–Crippen LogP) is 3.92. The zero-order valence-corrected chi connectivity index (χ0v) is 18.6. The molecule has 0 spiro atoms. The van der Waals surface area contributed by atoms with Crippen LogP contribution in [0.5, 0.6) is 0 Å². The number of amides is 1. The number of rotatable bonds is 8. The molecule has 29 heavy (non-hydrogen) atoms. The summed E-state index contributed by atoms with van der Waals surface area (Å²) in [5, 5.41) is 13.9. The molecule has 0 aliphatic heterocycles. The van der Waals surface area contributed by atoms with Crippen molar-refractivity contribution in [2.45, 2.75) is 37.0 Å². The van der Waals surface area contributed by atoms with Crippen molar-refractivity contribution in [3.63, 3.8) is 0 Å². The number of carbonyl (C=O) groups excluding carboxylic acids is 2. The number of nitrogens with zero attached hydrogens (tertiary/aromatic N) is 1. The Labute approximate surface area is 178 Å². The van der Waals surface area contributed by atoms with E-state index in [9.17, 15) is 18.0 Å². The van der Waals surface area contributed by atoms with Crippen LogP contribution in [0.1, 0.15) is 34.1 Å². The van der Waals surface area contributed by atoms with Crippen molar-refractivity contribution in [2.75, 3.05) is 17.7 Å². The van der Waals surface area contributed by atoms with Crippen LogP contribution in [0.2, 0.25) is 0 Å². The molecule has 1 N–H and O–H groups in total. The van der Waals surface area contributed by atoms with Crippen molar-refractivity contribution in [1.82, 2.24) is 0 Å². The van der Waals surface area contributed by atoms with Crippen LogP contribution in [-0.4, -0.2) is 32.7 Å². The highest BCUT2D eigenvalue weighted by Crippen LogP contribution is 2.40. The number of anilines is 1. The van der Waals surface area contributed by atoms with Gasteiger partial charge in [0, 0.05) is 6.42 Å². The van der Waals surface area contributed by atoms with Crippen LogP contribution < -0.4 is 5.32 Å². The number of ether oxygens (including phenoxy) is 1. The van der Waals surface area contributed by atoms with E-state index in [1.807, 2.05) is 12.3 Å². The van der Waals surface area contributed by atoms with Gasteiger partial charge in [0.05, 0.1) is 22.2 Å². The SMILES string of the molecule is CCOC(=O)c1sc(NC(=O)CCS(=O)(=O)c2ccc(C)cc2)c(SC#N)c1C. The highest BCUT2D eigenvalue weighted by atomic mass is 32.2. The van der Waals surface area contributed by atoms with E-state index in [-0.39, 0.29) is 23.7 Å². The maximum Gasteiger partial charge on any atom is 0.348 e. The Bertz CT molecular complexity index is 1050. The summed E-state index contributed by atoms with van der Waals surface area (Å²) in [4.78, 5) is 25.3. The van der Waals surface area contributed by atoms with Crippen LogP contribution in [0.3, 0.4) is 0 Å². The second kappa shape index (κ2) is 9.91. The lowest BCUT2D eigenvalue weighted by Gasteiger charge is -2.06. The number of hydrogen-bond acceptors (Lipinski definition) is 8. The molecule has 1 aromatic carbocycles. The van der Waals surface area contributed by atoms with Gasteiger partial charge in [0.15, 0.2) is 9.84 Å². The summed E-state index contributed by atoms with van der Waals surface area (Å²) >= 11 is 1.83. The maximum absolute atomic E-state index is 12.4. The third-order valence-corrected chi connectivity index (χ3v) is 7.79. The zero-order valence-electron chi connectivity index (χ0n) is 16.1. The van der Waals surface area contributed by atoms with Gasteiger partial charge >= 0.3 is 5.97 Å². The number of esters is 1. The van der Waals surface area contributed by atoms with Crippen LogP contribution in [0.25, 0.3) is 0 Å². The predicted molar refractivity (Wildman–Crippen MR) is 113 cm³/mol. The molecular weight excluding hydrogens is 432 g/mol. The second-order valence-electron chi connectivity index (χ2n) is 6.06. The fourth-order valence-corrected chi connectivity index (χ4v) is 5.48. The number of nitriles is 1. The minimum absolute atomic E-state index is 0.160.